The van der Waals surface area contributed by atoms with Crippen LogP contribution in [0.4, 0.5) is 0 Å². The Labute approximate surface area is 304 Å². The van der Waals surface area contributed by atoms with Gasteiger partial charge >= 0.3 is 7.12 Å². The van der Waals surface area contributed by atoms with Crippen LogP contribution in [0.1, 0.15) is 48.9 Å². The molecule has 10 heteroatoms. The summed E-state index contributed by atoms with van der Waals surface area (Å²) in [6, 6.07) is 27.3. The Hall–Kier alpha value is -4.61. The highest BCUT2D eigenvalue weighted by atomic mass is 16.5. The van der Waals surface area contributed by atoms with Crippen molar-refractivity contribution >= 4 is 41.4 Å². The number of fused-ring (bicyclic) bond motifs is 4. The minimum Gasteiger partial charge on any atom is -0.507 e. The zero-order chi connectivity index (χ0) is 35.8. The number of likely N-dealkylation sites (tertiary alicyclic amines) is 2. The molecule has 52 heavy (non-hydrogen) atoms. The summed E-state index contributed by atoms with van der Waals surface area (Å²) in [4.78, 5) is 36.9. The molecular formula is C42H44BN3O6. The number of phenols is 1. The molecule has 0 unspecified atom stereocenters. The van der Waals surface area contributed by atoms with Gasteiger partial charge in [0.25, 0.3) is 0 Å². The number of aliphatic hydroxyl groups excluding tert-OH is 1. The molecule has 4 aliphatic rings. The fourth-order valence-corrected chi connectivity index (χ4v) is 9.21. The lowest BCUT2D eigenvalue weighted by Gasteiger charge is -2.43. The second-order valence-corrected chi connectivity index (χ2v) is 14.7. The third-order valence-electron chi connectivity index (χ3n) is 11.6. The van der Waals surface area contributed by atoms with E-state index in [0.717, 1.165) is 71.2 Å². The topological polar surface area (TPSA) is 123 Å². The number of amides is 2. The number of phenolic OH excluding ortho intramolecular Hbond substituents is 1. The quantitative estimate of drug-likeness (QED) is 0.116. The summed E-state index contributed by atoms with van der Waals surface area (Å²) in [5.74, 6) is -1.57. The van der Waals surface area contributed by atoms with Gasteiger partial charge in [0.15, 0.2) is 0 Å². The number of rotatable bonds is 9. The first-order valence-electron chi connectivity index (χ1n) is 18.5. The van der Waals surface area contributed by atoms with Crippen molar-refractivity contribution in [3.8, 4) is 5.75 Å². The molecule has 266 valence electrons. The minimum absolute atomic E-state index is 0.138. The third kappa shape index (κ3) is 6.60. The van der Waals surface area contributed by atoms with Crippen LogP contribution < -0.4 is 0 Å². The Morgan fingerprint density at radius 2 is 1.65 bits per heavy atom. The van der Waals surface area contributed by atoms with Crippen molar-refractivity contribution in [2.24, 2.45) is 17.8 Å². The fourth-order valence-electron chi connectivity index (χ4n) is 9.21. The SMILES string of the molecule is O=C1[C@@H]2[C@@H](CC(CO)=C3[C@@H](CC/C(=C/c4ccc(O)c5ccccc45)c4ccccn4)OB(O)C[C@@H]32)C(=O)N1C1CCN(Cc2ccccc2)CC1. The molecule has 0 radical (unpaired) electrons. The molecule has 3 N–H and O–H groups in total. The highest BCUT2D eigenvalue weighted by Gasteiger charge is 2.58. The number of hydrogen-bond acceptors (Lipinski definition) is 8. The highest BCUT2D eigenvalue weighted by molar-refractivity contribution is 6.43. The molecule has 1 aliphatic carbocycles. The molecule has 0 spiro atoms. The van der Waals surface area contributed by atoms with Crippen molar-refractivity contribution in [2.45, 2.75) is 57.1 Å². The van der Waals surface area contributed by atoms with Crippen molar-refractivity contribution in [3.63, 3.8) is 0 Å². The summed E-state index contributed by atoms with van der Waals surface area (Å²) in [6.45, 7) is 2.23. The summed E-state index contributed by atoms with van der Waals surface area (Å²) >= 11 is 0. The van der Waals surface area contributed by atoms with Crippen molar-refractivity contribution in [1.82, 2.24) is 14.8 Å². The molecule has 3 saturated heterocycles. The Kier molecular flexibility index (Phi) is 9.81. The van der Waals surface area contributed by atoms with Crippen LogP contribution in [-0.4, -0.2) is 80.8 Å². The summed E-state index contributed by atoms with van der Waals surface area (Å²) in [6.07, 6.45) is 6.30. The van der Waals surface area contributed by atoms with Gasteiger partial charge in [-0.2, -0.15) is 0 Å². The average molecular weight is 698 g/mol. The number of nitrogens with zero attached hydrogens (tertiary/aromatic N) is 3. The van der Waals surface area contributed by atoms with E-state index in [-0.39, 0.29) is 36.5 Å². The number of carbonyl (C=O) groups is 2. The number of allylic oxidation sites excluding steroid dienone is 1. The van der Waals surface area contributed by atoms with Gasteiger partial charge in [-0.15, -0.1) is 0 Å². The molecule has 3 aromatic carbocycles. The largest absolute Gasteiger partial charge is 0.507 e. The molecule has 4 atom stereocenters. The molecule has 9 nitrogen and oxygen atoms in total. The van der Waals surface area contributed by atoms with Crippen LogP contribution in [0.25, 0.3) is 22.4 Å². The predicted molar refractivity (Wildman–Crippen MR) is 200 cm³/mol. The van der Waals surface area contributed by atoms with E-state index in [1.54, 1.807) is 17.2 Å². The van der Waals surface area contributed by atoms with E-state index in [9.17, 15) is 24.8 Å². The van der Waals surface area contributed by atoms with Crippen LogP contribution in [-0.2, 0) is 20.8 Å². The molecule has 3 aliphatic heterocycles. The van der Waals surface area contributed by atoms with Crippen LogP contribution in [0.2, 0.25) is 6.32 Å². The summed E-state index contributed by atoms with van der Waals surface area (Å²) in [5.41, 5.74) is 5.55. The van der Waals surface area contributed by atoms with Gasteiger partial charge in [0.05, 0.1) is 30.2 Å². The number of aromatic nitrogens is 1. The first-order chi connectivity index (χ1) is 25.4. The van der Waals surface area contributed by atoms with E-state index in [1.807, 2.05) is 66.7 Å². The maximum Gasteiger partial charge on any atom is 0.455 e. The molecule has 0 saturated carbocycles. The van der Waals surface area contributed by atoms with Crippen molar-refractivity contribution in [3.05, 3.63) is 119 Å². The molecule has 1 aromatic heterocycles. The van der Waals surface area contributed by atoms with Gasteiger partial charge in [0, 0.05) is 37.3 Å². The van der Waals surface area contributed by atoms with Crippen LogP contribution in [0, 0.1) is 17.8 Å². The number of carbonyl (C=O) groups excluding carboxylic acids is 2. The smallest absolute Gasteiger partial charge is 0.455 e. The van der Waals surface area contributed by atoms with Gasteiger partial charge in [0.1, 0.15) is 5.75 Å². The number of piperidine rings is 1. The van der Waals surface area contributed by atoms with Gasteiger partial charge < -0.3 is 19.9 Å². The first kappa shape index (κ1) is 34.5. The lowest BCUT2D eigenvalue weighted by molar-refractivity contribution is -0.144. The summed E-state index contributed by atoms with van der Waals surface area (Å²) < 4.78 is 6.22. The van der Waals surface area contributed by atoms with Crippen LogP contribution in [0.15, 0.2) is 102 Å². The second kappa shape index (κ2) is 14.8. The molecule has 8 rings (SSSR count). The highest BCUT2D eigenvalue weighted by Crippen LogP contribution is 2.51. The minimum atomic E-state index is -1.10. The first-order valence-corrected chi connectivity index (χ1v) is 18.5. The van der Waals surface area contributed by atoms with Crippen molar-refractivity contribution < 1.29 is 29.5 Å². The van der Waals surface area contributed by atoms with Gasteiger partial charge in [-0.05, 0) is 102 Å². The zero-order valence-electron chi connectivity index (χ0n) is 29.2. The van der Waals surface area contributed by atoms with Crippen LogP contribution >= 0.6 is 0 Å². The molecule has 2 amide bonds. The normalized spacial score (nSPS) is 24.5. The number of benzene rings is 3. The Morgan fingerprint density at radius 3 is 2.40 bits per heavy atom. The van der Waals surface area contributed by atoms with Gasteiger partial charge in [-0.1, -0.05) is 66.7 Å². The van der Waals surface area contributed by atoms with E-state index < -0.39 is 31.0 Å². The van der Waals surface area contributed by atoms with E-state index in [1.165, 1.54) is 5.56 Å². The average Bonchev–Trinajstić information content (AvgIpc) is 3.43. The maximum atomic E-state index is 14.3. The van der Waals surface area contributed by atoms with E-state index >= 15 is 0 Å². The van der Waals surface area contributed by atoms with Crippen LogP contribution in [0.5, 0.6) is 5.75 Å². The number of aromatic hydroxyl groups is 1. The second-order valence-electron chi connectivity index (χ2n) is 14.7. The lowest BCUT2D eigenvalue weighted by Crippen LogP contribution is -2.48. The molecular weight excluding hydrogens is 653 g/mol. The lowest BCUT2D eigenvalue weighted by atomic mass is 9.58. The van der Waals surface area contributed by atoms with E-state index in [4.69, 9.17) is 4.65 Å². The standard InChI is InChI=1S/C42H44BN3O6/c47-26-30-23-34-40(42(50)46(41(34)49)31-17-20-45(21-18-31)25-27-8-2-1-3-9-27)35-24-43(51)52-38(39(30)35)16-14-29(36-12-6-7-19-44-36)22-28-13-15-37(48)33-11-5-4-10-32(28)33/h1-13,15,19,22,31,34-35,38,40,47-48,51H,14,16-18,20-21,23-26H2/b29-22-/t34-,35+,38-,40-/m1/s1. The van der Waals surface area contributed by atoms with Gasteiger partial charge in [-0.25, -0.2) is 0 Å². The van der Waals surface area contributed by atoms with Gasteiger partial charge in [-0.3, -0.25) is 24.4 Å². The molecule has 4 heterocycles. The van der Waals surface area contributed by atoms with E-state index in [0.29, 0.717) is 19.3 Å². The molecule has 0 bridgehead atoms. The zero-order valence-corrected chi connectivity index (χ0v) is 29.2. The number of aliphatic hydroxyl groups is 1. The Morgan fingerprint density at radius 1 is 0.904 bits per heavy atom. The van der Waals surface area contributed by atoms with E-state index in [2.05, 4.69) is 28.1 Å². The summed E-state index contributed by atoms with van der Waals surface area (Å²) in [5, 5.41) is 34.0. The maximum absolute atomic E-state index is 14.3. The van der Waals surface area contributed by atoms with Gasteiger partial charge in [0.2, 0.25) is 11.8 Å². The third-order valence-corrected chi connectivity index (χ3v) is 11.6. The Bertz CT molecular complexity index is 2010. The number of hydrogen-bond donors (Lipinski definition) is 3. The number of imide groups is 1. The Balaban J connectivity index is 1.03. The van der Waals surface area contributed by atoms with Crippen molar-refractivity contribution in [2.75, 3.05) is 19.7 Å². The number of pyridine rings is 1. The monoisotopic (exact) mass is 697 g/mol. The fraction of sp³-hybridized carbons (Fsp3) is 0.357. The predicted octanol–water partition coefficient (Wildman–Crippen LogP) is 5.72. The summed E-state index contributed by atoms with van der Waals surface area (Å²) in [7, 11) is -1.10. The van der Waals surface area contributed by atoms with Crippen molar-refractivity contribution in [1.29, 1.82) is 0 Å². The van der Waals surface area contributed by atoms with Crippen LogP contribution in [0.3, 0.4) is 0 Å². The molecule has 3 fully saturated rings. The molecule has 4 aromatic rings.